The molecule has 0 aliphatic heterocycles. The number of anilines is 1. The quantitative estimate of drug-likeness (QED) is 0.346. The summed E-state index contributed by atoms with van der Waals surface area (Å²) in [6.07, 6.45) is 2.66. The van der Waals surface area contributed by atoms with Gasteiger partial charge in [0.05, 0.1) is 24.2 Å². The first kappa shape index (κ1) is 23.0. The van der Waals surface area contributed by atoms with Crippen molar-refractivity contribution in [2.24, 2.45) is 0 Å². The van der Waals surface area contributed by atoms with Crippen molar-refractivity contribution in [3.63, 3.8) is 0 Å². The van der Waals surface area contributed by atoms with E-state index in [4.69, 9.17) is 9.72 Å². The smallest absolute Gasteiger partial charge is 0.328 e. The maximum atomic E-state index is 12.8. The summed E-state index contributed by atoms with van der Waals surface area (Å²) >= 11 is 0. The predicted molar refractivity (Wildman–Crippen MR) is 133 cm³/mol. The van der Waals surface area contributed by atoms with Crippen molar-refractivity contribution < 1.29 is 14.6 Å². The maximum absolute atomic E-state index is 12.8. The van der Waals surface area contributed by atoms with E-state index in [1.807, 2.05) is 60.7 Å². The molecule has 0 radical (unpaired) electrons. The van der Waals surface area contributed by atoms with Crippen LogP contribution in [0.25, 0.3) is 11.3 Å². The molecule has 172 valence electrons. The first-order chi connectivity index (χ1) is 16.6. The van der Waals surface area contributed by atoms with Gasteiger partial charge in [-0.1, -0.05) is 72.8 Å². The first-order valence-electron chi connectivity index (χ1n) is 11.3. The van der Waals surface area contributed by atoms with Gasteiger partial charge in [0.1, 0.15) is 17.6 Å². The summed E-state index contributed by atoms with van der Waals surface area (Å²) < 4.78 is 5.32. The standard InChI is InChI=1S/C28H27N3O3/c1-2-34-28(33)25(18-21-13-15-23(32)16-14-21)31-27-24(17-20-9-5-3-6-10-20)30-26(19-29-27)22-11-7-4-8-12-22/h3-16,19,25,32H,2,17-18H2,1H3,(H,29,31)/t25-/m0/s1. The number of nitrogens with one attached hydrogen (secondary N) is 1. The average Bonchev–Trinajstić information content (AvgIpc) is 2.87. The first-order valence-corrected chi connectivity index (χ1v) is 11.3. The molecule has 2 N–H and O–H groups in total. The van der Waals surface area contributed by atoms with Crippen LogP contribution in [0.1, 0.15) is 23.7 Å². The lowest BCUT2D eigenvalue weighted by Crippen LogP contribution is -2.34. The number of carbonyl (C=O) groups is 1. The third-order valence-corrected chi connectivity index (χ3v) is 5.39. The molecule has 0 aliphatic carbocycles. The van der Waals surface area contributed by atoms with Gasteiger partial charge in [0, 0.05) is 18.4 Å². The van der Waals surface area contributed by atoms with Crippen LogP contribution in [-0.4, -0.2) is 33.7 Å². The summed E-state index contributed by atoms with van der Waals surface area (Å²) in [6.45, 7) is 2.06. The van der Waals surface area contributed by atoms with Gasteiger partial charge in [-0.3, -0.25) is 0 Å². The molecule has 4 aromatic rings. The monoisotopic (exact) mass is 453 g/mol. The van der Waals surface area contributed by atoms with Crippen LogP contribution in [0, 0.1) is 0 Å². The summed E-state index contributed by atoms with van der Waals surface area (Å²) in [4.78, 5) is 22.4. The van der Waals surface area contributed by atoms with Gasteiger partial charge in [0.25, 0.3) is 0 Å². The van der Waals surface area contributed by atoms with Gasteiger partial charge in [-0.25, -0.2) is 14.8 Å². The highest BCUT2D eigenvalue weighted by Gasteiger charge is 2.23. The predicted octanol–water partition coefficient (Wildman–Crippen LogP) is 5.03. The van der Waals surface area contributed by atoms with Crippen LogP contribution < -0.4 is 5.32 Å². The number of ether oxygens (including phenoxy) is 1. The van der Waals surface area contributed by atoms with E-state index in [1.165, 1.54) is 0 Å². The zero-order valence-electron chi connectivity index (χ0n) is 19.0. The minimum absolute atomic E-state index is 0.178. The number of phenolic OH excluding ortho intramolecular Hbond substituents is 1. The second-order valence-corrected chi connectivity index (χ2v) is 7.90. The van der Waals surface area contributed by atoms with Crippen LogP contribution in [0.15, 0.2) is 91.1 Å². The van der Waals surface area contributed by atoms with Gasteiger partial charge in [-0.15, -0.1) is 0 Å². The van der Waals surface area contributed by atoms with E-state index in [1.54, 1.807) is 37.4 Å². The molecule has 0 bridgehead atoms. The Labute approximate surface area is 199 Å². The van der Waals surface area contributed by atoms with Crippen molar-refractivity contribution in [3.05, 3.63) is 108 Å². The number of hydrogen-bond acceptors (Lipinski definition) is 6. The minimum Gasteiger partial charge on any atom is -0.508 e. The number of hydrogen-bond donors (Lipinski definition) is 2. The fraction of sp³-hybridized carbons (Fsp3) is 0.179. The van der Waals surface area contributed by atoms with E-state index >= 15 is 0 Å². The summed E-state index contributed by atoms with van der Waals surface area (Å²) in [5, 5.41) is 12.9. The fourth-order valence-corrected chi connectivity index (χ4v) is 3.68. The zero-order valence-corrected chi connectivity index (χ0v) is 19.0. The van der Waals surface area contributed by atoms with Crippen molar-refractivity contribution in [1.82, 2.24) is 9.97 Å². The lowest BCUT2D eigenvalue weighted by molar-refractivity contribution is -0.144. The molecule has 0 saturated carbocycles. The Hall–Kier alpha value is -4.19. The summed E-state index contributed by atoms with van der Waals surface area (Å²) in [5.41, 5.74) is 4.47. The molecule has 3 aromatic carbocycles. The Morgan fingerprint density at radius 1 is 0.941 bits per heavy atom. The van der Waals surface area contributed by atoms with Gasteiger partial charge in [-0.2, -0.15) is 0 Å². The third-order valence-electron chi connectivity index (χ3n) is 5.39. The molecule has 0 amide bonds. The minimum atomic E-state index is -0.657. The molecular formula is C28H27N3O3. The van der Waals surface area contributed by atoms with E-state index in [0.717, 1.165) is 28.1 Å². The van der Waals surface area contributed by atoms with Crippen LogP contribution >= 0.6 is 0 Å². The van der Waals surface area contributed by atoms with Crippen molar-refractivity contribution in [1.29, 1.82) is 0 Å². The Balaban J connectivity index is 1.67. The van der Waals surface area contributed by atoms with Gasteiger partial charge >= 0.3 is 5.97 Å². The number of aromatic hydroxyl groups is 1. The average molecular weight is 454 g/mol. The van der Waals surface area contributed by atoms with Crippen molar-refractivity contribution >= 4 is 11.8 Å². The highest BCUT2D eigenvalue weighted by molar-refractivity contribution is 5.79. The lowest BCUT2D eigenvalue weighted by Gasteiger charge is -2.20. The van der Waals surface area contributed by atoms with Gasteiger partial charge in [0.15, 0.2) is 0 Å². The Bertz CT molecular complexity index is 1210. The number of rotatable bonds is 9. The SMILES string of the molecule is CCOC(=O)[C@H](Cc1ccc(O)cc1)Nc1ncc(-c2ccccc2)nc1Cc1ccccc1. The van der Waals surface area contributed by atoms with E-state index in [9.17, 15) is 9.90 Å². The largest absolute Gasteiger partial charge is 0.508 e. The zero-order chi connectivity index (χ0) is 23.8. The normalized spacial score (nSPS) is 11.6. The van der Waals surface area contributed by atoms with Gasteiger partial charge in [-0.05, 0) is 30.2 Å². The number of carbonyl (C=O) groups excluding carboxylic acids is 1. The molecular weight excluding hydrogens is 426 g/mol. The molecule has 1 aromatic heterocycles. The van der Waals surface area contributed by atoms with Crippen LogP contribution in [0.3, 0.4) is 0 Å². The van der Waals surface area contributed by atoms with E-state index < -0.39 is 6.04 Å². The molecule has 0 fully saturated rings. The highest BCUT2D eigenvalue weighted by atomic mass is 16.5. The second-order valence-electron chi connectivity index (χ2n) is 7.90. The van der Waals surface area contributed by atoms with Crippen LogP contribution in [0.4, 0.5) is 5.82 Å². The number of aromatic nitrogens is 2. The highest BCUT2D eigenvalue weighted by Crippen LogP contribution is 2.23. The van der Waals surface area contributed by atoms with E-state index in [2.05, 4.69) is 10.3 Å². The van der Waals surface area contributed by atoms with Crippen molar-refractivity contribution in [2.45, 2.75) is 25.8 Å². The number of nitrogens with zero attached hydrogens (tertiary/aromatic N) is 2. The van der Waals surface area contributed by atoms with Crippen LogP contribution in [-0.2, 0) is 22.4 Å². The summed E-state index contributed by atoms with van der Waals surface area (Å²) in [6, 6.07) is 26.1. The molecule has 34 heavy (non-hydrogen) atoms. The fourth-order valence-electron chi connectivity index (χ4n) is 3.68. The third kappa shape index (κ3) is 5.98. The van der Waals surface area contributed by atoms with E-state index in [0.29, 0.717) is 18.7 Å². The molecule has 1 atom stereocenters. The van der Waals surface area contributed by atoms with Gasteiger partial charge < -0.3 is 15.2 Å². The van der Waals surface area contributed by atoms with Crippen molar-refractivity contribution in [2.75, 3.05) is 11.9 Å². The maximum Gasteiger partial charge on any atom is 0.328 e. The van der Waals surface area contributed by atoms with Crippen LogP contribution in [0.2, 0.25) is 0 Å². The molecule has 0 spiro atoms. The lowest BCUT2D eigenvalue weighted by atomic mass is 10.0. The van der Waals surface area contributed by atoms with Crippen LogP contribution in [0.5, 0.6) is 5.75 Å². The number of esters is 1. The second kappa shape index (κ2) is 11.1. The molecule has 0 aliphatic rings. The summed E-state index contributed by atoms with van der Waals surface area (Å²) in [5.74, 6) is 0.354. The number of phenols is 1. The van der Waals surface area contributed by atoms with Gasteiger partial charge in [0.2, 0.25) is 0 Å². The Kier molecular flexibility index (Phi) is 7.50. The van der Waals surface area contributed by atoms with E-state index in [-0.39, 0.29) is 18.3 Å². The topological polar surface area (TPSA) is 84.3 Å². The molecule has 4 rings (SSSR count). The molecule has 0 unspecified atom stereocenters. The molecule has 1 heterocycles. The number of benzene rings is 3. The molecule has 6 heteroatoms. The molecule has 0 saturated heterocycles. The molecule has 6 nitrogen and oxygen atoms in total. The Morgan fingerprint density at radius 3 is 2.29 bits per heavy atom. The Morgan fingerprint density at radius 2 is 1.62 bits per heavy atom. The summed E-state index contributed by atoms with van der Waals surface area (Å²) in [7, 11) is 0. The van der Waals surface area contributed by atoms with Crippen molar-refractivity contribution in [3.8, 4) is 17.0 Å².